The molecule has 8 nitrogen and oxygen atoms in total. The summed E-state index contributed by atoms with van der Waals surface area (Å²) >= 11 is 1.31. The fourth-order valence-electron chi connectivity index (χ4n) is 3.53. The highest BCUT2D eigenvalue weighted by atomic mass is 32.2. The highest BCUT2D eigenvalue weighted by Crippen LogP contribution is 2.41. The molecular formula is C23H21N5O3S. The van der Waals surface area contributed by atoms with E-state index in [-0.39, 0.29) is 22.9 Å². The number of carbonyl (C=O) groups excluding carboxylic acids is 1. The molecule has 1 aliphatic rings. The number of fused-ring (bicyclic) bond motifs is 1. The maximum absolute atomic E-state index is 12.5. The van der Waals surface area contributed by atoms with Crippen molar-refractivity contribution in [1.29, 1.82) is 0 Å². The number of benzene rings is 2. The molecule has 1 saturated carbocycles. The lowest BCUT2D eigenvalue weighted by Crippen LogP contribution is -2.10. The van der Waals surface area contributed by atoms with Crippen LogP contribution in [0.4, 0.5) is 0 Å². The molecule has 5 rings (SSSR count). The lowest BCUT2D eigenvalue weighted by molar-refractivity contribution is -0.133. The van der Waals surface area contributed by atoms with Crippen molar-refractivity contribution >= 4 is 34.3 Å². The number of ether oxygens (including phenoxy) is 1. The first-order chi connectivity index (χ1) is 15.7. The van der Waals surface area contributed by atoms with E-state index < -0.39 is 5.97 Å². The summed E-state index contributed by atoms with van der Waals surface area (Å²) in [7, 11) is 1.28. The summed E-state index contributed by atoms with van der Waals surface area (Å²) in [4.78, 5) is 20.0. The van der Waals surface area contributed by atoms with Crippen LogP contribution in [0.1, 0.15) is 30.4 Å². The van der Waals surface area contributed by atoms with Crippen molar-refractivity contribution in [3.63, 3.8) is 0 Å². The average molecular weight is 448 g/mol. The van der Waals surface area contributed by atoms with E-state index in [9.17, 15) is 9.90 Å². The molecule has 162 valence electrons. The molecule has 1 aliphatic carbocycles. The number of rotatable bonds is 7. The van der Waals surface area contributed by atoms with Gasteiger partial charge in [0.05, 0.1) is 23.9 Å². The van der Waals surface area contributed by atoms with Crippen LogP contribution in [0.2, 0.25) is 0 Å². The Morgan fingerprint density at radius 3 is 2.62 bits per heavy atom. The molecule has 4 aromatic rings. The highest BCUT2D eigenvalue weighted by molar-refractivity contribution is 7.99. The zero-order valence-electron chi connectivity index (χ0n) is 17.4. The molecule has 0 unspecified atom stereocenters. The lowest BCUT2D eigenvalue weighted by Gasteiger charge is -2.10. The standard InChI is InChI=1S/C23H21N5O3S/c1-31-22(30)19(20-24-16-9-5-6-10-17(16)25-20)18(29)13-32-23-27-26-21(14-11-12-14)28(23)15-7-3-2-4-8-15/h2-10,14,29H,11-13H2,1H3,(H,24,25)/b19-18+. The molecule has 0 aliphatic heterocycles. The molecule has 1 fully saturated rings. The fourth-order valence-corrected chi connectivity index (χ4v) is 4.37. The number of thioether (sulfide) groups is 1. The number of esters is 1. The molecule has 32 heavy (non-hydrogen) atoms. The SMILES string of the molecule is COC(=O)/C(=C(/O)CSc1nnc(C2CC2)n1-c1ccccc1)c1nc2ccccc2[nH]1. The lowest BCUT2D eigenvalue weighted by atomic mass is 10.2. The number of nitrogens with one attached hydrogen (secondary N) is 1. The number of methoxy groups -OCH3 is 1. The van der Waals surface area contributed by atoms with Crippen LogP contribution >= 0.6 is 11.8 Å². The zero-order chi connectivity index (χ0) is 22.1. The third-order valence-electron chi connectivity index (χ3n) is 5.26. The maximum Gasteiger partial charge on any atom is 0.345 e. The molecule has 2 N–H and O–H groups in total. The number of para-hydroxylation sites is 3. The van der Waals surface area contributed by atoms with Crippen molar-refractivity contribution in [2.24, 2.45) is 0 Å². The molecule has 0 radical (unpaired) electrons. The Morgan fingerprint density at radius 1 is 1.16 bits per heavy atom. The fraction of sp³-hybridized carbons (Fsp3) is 0.217. The summed E-state index contributed by atoms with van der Waals surface area (Å²) < 4.78 is 6.94. The number of imidazole rings is 1. The Balaban J connectivity index is 1.48. The van der Waals surface area contributed by atoms with Crippen LogP contribution in [0.25, 0.3) is 22.3 Å². The molecule has 0 spiro atoms. The molecule has 9 heteroatoms. The van der Waals surface area contributed by atoms with E-state index in [1.807, 2.05) is 59.2 Å². The van der Waals surface area contributed by atoms with Gasteiger partial charge in [0.25, 0.3) is 0 Å². The van der Waals surface area contributed by atoms with Gasteiger partial charge in [-0.2, -0.15) is 0 Å². The van der Waals surface area contributed by atoms with Crippen LogP contribution in [-0.2, 0) is 9.53 Å². The van der Waals surface area contributed by atoms with Gasteiger partial charge in [-0.15, -0.1) is 10.2 Å². The molecule has 0 atom stereocenters. The number of hydrogen-bond acceptors (Lipinski definition) is 7. The molecule has 0 amide bonds. The Morgan fingerprint density at radius 2 is 1.91 bits per heavy atom. The topological polar surface area (TPSA) is 106 Å². The first-order valence-corrected chi connectivity index (χ1v) is 11.2. The van der Waals surface area contributed by atoms with Crippen molar-refractivity contribution in [2.45, 2.75) is 23.9 Å². The van der Waals surface area contributed by atoms with Gasteiger partial charge >= 0.3 is 5.97 Å². The van der Waals surface area contributed by atoms with Gasteiger partial charge in [-0.05, 0) is 37.1 Å². The molecule has 0 bridgehead atoms. The van der Waals surface area contributed by atoms with E-state index >= 15 is 0 Å². The van der Waals surface area contributed by atoms with Crippen LogP contribution in [0, 0.1) is 0 Å². The van der Waals surface area contributed by atoms with Crippen LogP contribution in [0.5, 0.6) is 0 Å². The third-order valence-corrected chi connectivity index (χ3v) is 6.20. The van der Waals surface area contributed by atoms with E-state index in [4.69, 9.17) is 4.74 Å². The second kappa shape index (κ2) is 8.51. The van der Waals surface area contributed by atoms with Crippen molar-refractivity contribution in [2.75, 3.05) is 12.9 Å². The summed E-state index contributed by atoms with van der Waals surface area (Å²) in [5.74, 6) is 0.896. The smallest absolute Gasteiger partial charge is 0.345 e. The van der Waals surface area contributed by atoms with Crippen LogP contribution in [-0.4, -0.2) is 48.7 Å². The molecule has 2 heterocycles. The largest absolute Gasteiger partial charge is 0.510 e. The van der Waals surface area contributed by atoms with E-state index in [0.29, 0.717) is 16.6 Å². The van der Waals surface area contributed by atoms with Gasteiger partial charge in [-0.3, -0.25) is 4.57 Å². The second-order valence-electron chi connectivity index (χ2n) is 7.49. The number of H-pyrrole nitrogens is 1. The number of aromatic nitrogens is 5. The number of aliphatic hydroxyl groups excluding tert-OH is 1. The molecule has 0 saturated heterocycles. The first-order valence-electron chi connectivity index (χ1n) is 10.2. The Hall–Kier alpha value is -3.59. The van der Waals surface area contributed by atoms with Gasteiger partial charge in [-0.1, -0.05) is 42.1 Å². The molecule has 2 aromatic carbocycles. The molecular weight excluding hydrogens is 426 g/mol. The van der Waals surface area contributed by atoms with Crippen molar-refractivity contribution in [3.8, 4) is 5.69 Å². The number of aromatic amines is 1. The minimum Gasteiger partial charge on any atom is -0.510 e. The van der Waals surface area contributed by atoms with E-state index in [2.05, 4.69) is 20.2 Å². The summed E-state index contributed by atoms with van der Waals surface area (Å²) in [6.07, 6.45) is 2.19. The van der Waals surface area contributed by atoms with E-state index in [1.54, 1.807) is 0 Å². The number of aliphatic hydroxyl groups is 1. The zero-order valence-corrected chi connectivity index (χ0v) is 18.2. The van der Waals surface area contributed by atoms with Crippen molar-refractivity contribution in [1.82, 2.24) is 24.7 Å². The number of hydrogen-bond donors (Lipinski definition) is 2. The number of nitrogens with zero attached hydrogens (tertiary/aromatic N) is 4. The van der Waals surface area contributed by atoms with Gasteiger partial charge in [-0.25, -0.2) is 9.78 Å². The van der Waals surface area contributed by atoms with Gasteiger partial charge in [0, 0.05) is 11.6 Å². The van der Waals surface area contributed by atoms with Crippen LogP contribution in [0.15, 0.2) is 65.5 Å². The summed E-state index contributed by atoms with van der Waals surface area (Å²) in [6.45, 7) is 0. The second-order valence-corrected chi connectivity index (χ2v) is 8.43. The van der Waals surface area contributed by atoms with Gasteiger partial charge in [0.1, 0.15) is 23.0 Å². The Labute approximate surface area is 188 Å². The van der Waals surface area contributed by atoms with Gasteiger partial charge in [0.2, 0.25) is 0 Å². The summed E-state index contributed by atoms with van der Waals surface area (Å²) in [5, 5.41) is 20.3. The first kappa shape index (κ1) is 20.3. The predicted octanol–water partition coefficient (Wildman–Crippen LogP) is 4.26. The number of carbonyl (C=O) groups is 1. The minimum absolute atomic E-state index is 0.00407. The van der Waals surface area contributed by atoms with E-state index in [1.165, 1.54) is 18.9 Å². The Bertz CT molecular complexity index is 1270. The quantitative estimate of drug-likeness (QED) is 0.189. The average Bonchev–Trinajstić information content (AvgIpc) is 3.44. The molecule has 2 aromatic heterocycles. The highest BCUT2D eigenvalue weighted by Gasteiger charge is 2.31. The van der Waals surface area contributed by atoms with Gasteiger partial charge < -0.3 is 14.8 Å². The summed E-state index contributed by atoms with van der Waals surface area (Å²) in [5.41, 5.74) is 2.43. The van der Waals surface area contributed by atoms with Crippen LogP contribution in [0.3, 0.4) is 0 Å². The predicted molar refractivity (Wildman–Crippen MR) is 122 cm³/mol. The monoisotopic (exact) mass is 447 g/mol. The normalized spacial score (nSPS) is 14.4. The minimum atomic E-state index is -0.662. The third kappa shape index (κ3) is 3.87. The van der Waals surface area contributed by atoms with E-state index in [0.717, 1.165) is 29.9 Å². The van der Waals surface area contributed by atoms with Crippen LogP contribution < -0.4 is 0 Å². The summed E-state index contributed by atoms with van der Waals surface area (Å²) in [6, 6.07) is 17.3. The van der Waals surface area contributed by atoms with Crippen molar-refractivity contribution < 1.29 is 14.6 Å². The van der Waals surface area contributed by atoms with Gasteiger partial charge in [0.15, 0.2) is 5.16 Å². The maximum atomic E-state index is 12.5. The van der Waals surface area contributed by atoms with Crippen molar-refractivity contribution in [3.05, 3.63) is 72.0 Å². The Kier molecular flexibility index (Phi) is 5.40.